The van der Waals surface area contributed by atoms with Crippen molar-refractivity contribution in [1.82, 2.24) is 9.97 Å². The largest absolute Gasteiger partial charge is 0.493 e. The number of ether oxygens (including phenoxy) is 3. The smallest absolute Gasteiger partial charge is 0.164 e. The van der Waals surface area contributed by atoms with Gasteiger partial charge >= 0.3 is 0 Å². The molecule has 14 heteroatoms. The maximum atomic E-state index is 10.5. The van der Waals surface area contributed by atoms with E-state index in [2.05, 4.69) is 31.2 Å². The van der Waals surface area contributed by atoms with Gasteiger partial charge < -0.3 is 45.4 Å². The van der Waals surface area contributed by atoms with Crippen molar-refractivity contribution in [2.24, 2.45) is 0 Å². The maximum Gasteiger partial charge on any atom is 0.164 e. The first-order valence-corrected chi connectivity index (χ1v) is 11.8. The third kappa shape index (κ3) is 6.46. The summed E-state index contributed by atoms with van der Waals surface area (Å²) < 4.78 is 16.8. The minimum Gasteiger partial charge on any atom is -0.493 e. The molecular weight excluding hydrogens is 585 g/mol. The Balaban J connectivity index is 0.00000456. The number of methoxy groups -OCH3 is 2. The summed E-state index contributed by atoms with van der Waals surface area (Å²) in [5.74, 6) is 0.818. The first-order valence-electron chi connectivity index (χ1n) is 10.3. The van der Waals surface area contributed by atoms with Gasteiger partial charge in [-0.3, -0.25) is 0 Å². The van der Waals surface area contributed by atoms with Crippen molar-refractivity contribution >= 4 is 61.5 Å². The summed E-state index contributed by atoms with van der Waals surface area (Å²) in [6, 6.07) is 6.63. The fraction of sp³-hybridized carbons (Fsp3) is 0.364. The number of aliphatic hydroxyl groups excluding tert-OH is 4. The monoisotopic (exact) mass is 609 g/mol. The number of nitrogens with one attached hydrogen (secondary N) is 1. The molecule has 0 aliphatic heterocycles. The van der Waals surface area contributed by atoms with Crippen LogP contribution in [0.15, 0.2) is 35.1 Å². The van der Waals surface area contributed by atoms with Gasteiger partial charge in [-0.05, 0) is 34.1 Å². The second-order valence-corrected chi connectivity index (χ2v) is 8.98. The second-order valence-electron chi connectivity index (χ2n) is 7.37. The van der Waals surface area contributed by atoms with E-state index in [1.54, 1.807) is 24.3 Å². The lowest BCUT2D eigenvalue weighted by Crippen LogP contribution is -2.49. The highest BCUT2D eigenvalue weighted by atomic mass is 79.9. The van der Waals surface area contributed by atoms with Crippen LogP contribution in [0.5, 0.6) is 11.5 Å². The van der Waals surface area contributed by atoms with E-state index < -0.39 is 37.6 Å². The lowest BCUT2D eigenvalue weighted by Gasteiger charge is -2.30. The molecule has 3 rings (SSSR count). The summed E-state index contributed by atoms with van der Waals surface area (Å²) in [7, 11) is 2.70. The summed E-state index contributed by atoms with van der Waals surface area (Å²) in [4.78, 5) is 8.55. The molecule has 0 amide bonds. The quantitative estimate of drug-likeness (QED) is 0.202. The van der Waals surface area contributed by atoms with E-state index in [-0.39, 0.29) is 17.0 Å². The molecule has 0 saturated carbocycles. The number of nitrogens with zero attached hydrogens (tertiary/aromatic N) is 2. The molecule has 0 saturated heterocycles. The summed E-state index contributed by atoms with van der Waals surface area (Å²) >= 11 is 15.9. The van der Waals surface area contributed by atoms with Crippen molar-refractivity contribution in [3.63, 3.8) is 0 Å². The Kier molecular flexibility index (Phi) is 11.3. The van der Waals surface area contributed by atoms with Crippen LogP contribution in [0.25, 0.3) is 10.9 Å². The summed E-state index contributed by atoms with van der Waals surface area (Å²) in [5.41, 5.74) is 0.975. The van der Waals surface area contributed by atoms with Crippen LogP contribution in [0.4, 0.5) is 11.5 Å². The Morgan fingerprint density at radius 2 is 1.64 bits per heavy atom. The molecule has 7 N–H and O–H groups in total. The normalized spacial score (nSPS) is 14.5. The zero-order valence-corrected chi connectivity index (χ0v) is 22.3. The molecule has 1 aromatic heterocycles. The van der Waals surface area contributed by atoms with Crippen molar-refractivity contribution in [1.29, 1.82) is 0 Å². The van der Waals surface area contributed by atoms with Gasteiger partial charge in [-0.2, -0.15) is 0 Å². The molecule has 3 aromatic rings. The van der Waals surface area contributed by atoms with Crippen molar-refractivity contribution in [3.05, 3.63) is 45.1 Å². The molecule has 4 atom stereocenters. The lowest BCUT2D eigenvalue weighted by molar-refractivity contribution is -0.127. The van der Waals surface area contributed by atoms with Gasteiger partial charge in [0, 0.05) is 23.0 Å². The summed E-state index contributed by atoms with van der Waals surface area (Å²) in [6.07, 6.45) is -4.09. The third-order valence-corrected chi connectivity index (χ3v) is 7.03. The van der Waals surface area contributed by atoms with E-state index in [0.717, 1.165) is 0 Å². The predicted molar refractivity (Wildman–Crippen MR) is 139 cm³/mol. The molecule has 0 fully saturated rings. The van der Waals surface area contributed by atoms with Crippen molar-refractivity contribution in [2.75, 3.05) is 32.8 Å². The average molecular weight is 611 g/mol. The number of aromatic nitrogens is 2. The second kappa shape index (κ2) is 13.5. The predicted octanol–water partition coefficient (Wildman–Crippen LogP) is 2.10. The molecule has 2 aromatic carbocycles. The van der Waals surface area contributed by atoms with Crippen LogP contribution in [0.1, 0.15) is 0 Å². The zero-order valence-electron chi connectivity index (χ0n) is 19.2. The van der Waals surface area contributed by atoms with E-state index in [0.29, 0.717) is 36.9 Å². The standard InChI is InChI=1S/C22H24BrCl2N3O7.H2O/c1-33-14-5-10-13(6-15(14)35-17(8-30)21(32)20(31)16(7-29)34-2)26-9-27-22(10)28-12-4-3-11(23)18(24)19(12)25;/h3-6,9,16-17,20-21,29-32H,7-8H2,1-2H3,(H,26,27,28);1H2/t16-,17-,20+,21+;/m0./s1. The molecule has 0 aliphatic carbocycles. The van der Waals surface area contributed by atoms with Gasteiger partial charge in [-0.25, -0.2) is 9.97 Å². The van der Waals surface area contributed by atoms with Gasteiger partial charge in [0.1, 0.15) is 30.5 Å². The van der Waals surface area contributed by atoms with Gasteiger partial charge in [0.2, 0.25) is 0 Å². The lowest BCUT2D eigenvalue weighted by atomic mass is 10.0. The van der Waals surface area contributed by atoms with E-state index >= 15 is 0 Å². The molecule has 0 bridgehead atoms. The minimum atomic E-state index is -1.58. The van der Waals surface area contributed by atoms with Crippen LogP contribution < -0.4 is 14.8 Å². The maximum absolute atomic E-state index is 10.5. The number of hydrogen-bond donors (Lipinski definition) is 5. The highest BCUT2D eigenvalue weighted by Gasteiger charge is 2.34. The first-order chi connectivity index (χ1) is 16.7. The first kappa shape index (κ1) is 30.2. The molecule has 11 nitrogen and oxygen atoms in total. The molecule has 36 heavy (non-hydrogen) atoms. The van der Waals surface area contributed by atoms with Crippen LogP contribution in [0.2, 0.25) is 10.0 Å². The Morgan fingerprint density at radius 1 is 0.972 bits per heavy atom. The highest BCUT2D eigenvalue weighted by molar-refractivity contribution is 9.10. The fourth-order valence-corrected chi connectivity index (χ4v) is 4.13. The van der Waals surface area contributed by atoms with Crippen LogP contribution in [0, 0.1) is 0 Å². The van der Waals surface area contributed by atoms with E-state index in [1.165, 1.54) is 20.5 Å². The Bertz CT molecular complexity index is 1170. The molecule has 0 unspecified atom stereocenters. The Hall–Kier alpha value is -2.00. The van der Waals surface area contributed by atoms with Crippen LogP contribution >= 0.6 is 39.1 Å². The average Bonchev–Trinajstić information content (AvgIpc) is 2.87. The van der Waals surface area contributed by atoms with Gasteiger partial charge in [-0.1, -0.05) is 23.2 Å². The molecule has 0 spiro atoms. The molecule has 198 valence electrons. The molecule has 0 radical (unpaired) electrons. The number of rotatable bonds is 11. The Morgan fingerprint density at radius 3 is 2.25 bits per heavy atom. The van der Waals surface area contributed by atoms with E-state index in [9.17, 15) is 20.4 Å². The van der Waals surface area contributed by atoms with Gasteiger partial charge in [0.15, 0.2) is 17.6 Å². The third-order valence-electron chi connectivity index (χ3n) is 5.26. The number of benzene rings is 2. The molecule has 1 heterocycles. The van der Waals surface area contributed by atoms with Crippen LogP contribution in [-0.4, -0.2) is 87.7 Å². The van der Waals surface area contributed by atoms with Gasteiger partial charge in [-0.15, -0.1) is 0 Å². The number of halogens is 3. The molecule has 0 aliphatic rings. The summed E-state index contributed by atoms with van der Waals surface area (Å²) in [6.45, 7) is -1.17. The van der Waals surface area contributed by atoms with Crippen molar-refractivity contribution in [2.45, 2.75) is 24.4 Å². The SMILES string of the molecule is COc1cc2c(Nc3ccc(Br)c(Cl)c3Cl)ncnc2cc1O[C@@H](CO)[C@@H](O)[C@H](O)[C@H](CO)OC.O. The van der Waals surface area contributed by atoms with Gasteiger partial charge in [0.05, 0.1) is 41.6 Å². The van der Waals surface area contributed by atoms with Crippen LogP contribution in [-0.2, 0) is 4.74 Å². The minimum absolute atomic E-state index is 0. The summed E-state index contributed by atoms with van der Waals surface area (Å²) in [5, 5.41) is 44.2. The molecular formula is C22H26BrCl2N3O8. The highest BCUT2D eigenvalue weighted by Crippen LogP contribution is 2.39. The topological polar surface area (TPSA) is 178 Å². The van der Waals surface area contributed by atoms with Crippen molar-refractivity contribution in [3.8, 4) is 11.5 Å². The zero-order chi connectivity index (χ0) is 25.7. The number of anilines is 2. The van der Waals surface area contributed by atoms with Crippen molar-refractivity contribution < 1.29 is 40.1 Å². The number of fused-ring (bicyclic) bond motifs is 1. The Labute approximate surface area is 225 Å². The van der Waals surface area contributed by atoms with E-state index in [1.807, 2.05) is 0 Å². The van der Waals surface area contributed by atoms with E-state index in [4.69, 9.17) is 37.4 Å². The van der Waals surface area contributed by atoms with Crippen LogP contribution in [0.3, 0.4) is 0 Å². The number of hydrogen-bond acceptors (Lipinski definition) is 10. The number of aliphatic hydroxyl groups is 4. The fourth-order valence-electron chi connectivity index (χ4n) is 3.31. The van der Waals surface area contributed by atoms with Gasteiger partial charge in [0.25, 0.3) is 0 Å².